The Labute approximate surface area is 61.0 Å². The van der Waals surface area contributed by atoms with Gasteiger partial charge in [0.05, 0.1) is 0 Å². The zero-order valence-corrected chi connectivity index (χ0v) is 6.80. The van der Waals surface area contributed by atoms with Crippen LogP contribution in [0.25, 0.3) is 0 Å². The van der Waals surface area contributed by atoms with E-state index in [2.05, 4.69) is 24.8 Å². The topological polar surface area (TPSA) is 52.0 Å². The summed E-state index contributed by atoms with van der Waals surface area (Å²) in [5, 5.41) is 0. The highest BCUT2D eigenvalue weighted by molar-refractivity contribution is 8.10. The lowest BCUT2D eigenvalue weighted by Crippen LogP contribution is -2.06. The Hall–Kier alpha value is 0.200. The molecule has 8 heavy (non-hydrogen) atoms. The fourth-order valence-corrected chi connectivity index (χ4v) is 0. The van der Waals surface area contributed by atoms with Crippen molar-refractivity contribution < 1.29 is 0 Å². The van der Waals surface area contributed by atoms with E-state index in [4.69, 9.17) is 11.5 Å². The van der Waals surface area contributed by atoms with Crippen LogP contribution in [-0.2, 0) is 0 Å². The molecule has 0 saturated carbocycles. The van der Waals surface area contributed by atoms with E-state index in [9.17, 15) is 0 Å². The summed E-state index contributed by atoms with van der Waals surface area (Å²) < 4.78 is 0.194. The number of hydrogen-bond acceptors (Lipinski definition) is 2. The van der Waals surface area contributed by atoms with Gasteiger partial charge in [-0.2, -0.15) is 0 Å². The van der Waals surface area contributed by atoms with Gasteiger partial charge in [-0.15, -0.1) is 12.6 Å². The molecule has 0 aromatic rings. The van der Waals surface area contributed by atoms with E-state index in [1.165, 1.54) is 0 Å². The van der Waals surface area contributed by atoms with Gasteiger partial charge in [0.1, 0.15) is 4.32 Å². The predicted octanol–water partition coefficient (Wildman–Crippen LogP) is 0.513. The molecule has 0 aliphatic rings. The van der Waals surface area contributed by atoms with Crippen molar-refractivity contribution in [3.63, 3.8) is 0 Å². The number of thiol groups is 1. The summed E-state index contributed by atoms with van der Waals surface area (Å²) in [6.07, 6.45) is 0. The van der Waals surface area contributed by atoms with Crippen LogP contribution in [0.15, 0.2) is 0 Å². The predicted molar refractivity (Wildman–Crippen MR) is 45.1 cm³/mol. The highest BCUT2D eigenvalue weighted by atomic mass is 32.1. The molecule has 0 aliphatic heterocycles. The van der Waals surface area contributed by atoms with Gasteiger partial charge in [0.2, 0.25) is 0 Å². The molecule has 0 aromatic carbocycles. The molecule has 0 aromatic heterocycles. The minimum atomic E-state index is 0.194. The van der Waals surface area contributed by atoms with Crippen LogP contribution in [0.4, 0.5) is 0 Å². The highest BCUT2D eigenvalue weighted by Gasteiger charge is 1.67. The van der Waals surface area contributed by atoms with E-state index in [1.54, 1.807) is 0 Å². The van der Waals surface area contributed by atoms with E-state index >= 15 is 0 Å². The monoisotopic (exact) mass is 152 g/mol. The van der Waals surface area contributed by atoms with Crippen LogP contribution < -0.4 is 11.5 Å². The number of hydrogen-bond donors (Lipinski definition) is 3. The Morgan fingerprint density at radius 1 is 1.62 bits per heavy atom. The Morgan fingerprint density at radius 2 is 1.62 bits per heavy atom. The maximum absolute atomic E-state index is 5.11. The third kappa shape index (κ3) is 4190. The normalized spacial score (nSPS) is 7.62. The van der Waals surface area contributed by atoms with Crippen LogP contribution in [0.5, 0.6) is 0 Å². The van der Waals surface area contributed by atoms with E-state index in [0.717, 1.165) is 0 Å². The van der Waals surface area contributed by atoms with Crippen LogP contribution >= 0.6 is 24.8 Å². The van der Waals surface area contributed by atoms with Gasteiger partial charge in [-0.3, -0.25) is 0 Å². The average molecular weight is 152 g/mol. The first kappa shape index (κ1) is 11.1. The van der Waals surface area contributed by atoms with Crippen LogP contribution in [0.1, 0.15) is 13.8 Å². The van der Waals surface area contributed by atoms with Crippen molar-refractivity contribution in [3.8, 4) is 0 Å². The van der Waals surface area contributed by atoms with Crippen LogP contribution in [-0.4, -0.2) is 10.4 Å². The zero-order chi connectivity index (χ0) is 7.15. The zero-order valence-electron chi connectivity index (χ0n) is 5.09. The molecule has 2 nitrogen and oxygen atoms in total. The van der Waals surface area contributed by atoms with Gasteiger partial charge in [0.15, 0.2) is 0 Å². The van der Waals surface area contributed by atoms with E-state index in [0.29, 0.717) is 6.04 Å². The van der Waals surface area contributed by atoms with Crippen molar-refractivity contribution in [3.05, 3.63) is 0 Å². The number of thiocarbonyl (C=S) groups is 1. The second kappa shape index (κ2) is 7.20. The van der Waals surface area contributed by atoms with Gasteiger partial charge in [-0.05, 0) is 6.04 Å². The summed E-state index contributed by atoms with van der Waals surface area (Å²) in [4.78, 5) is 0. The summed E-state index contributed by atoms with van der Waals surface area (Å²) in [5.41, 5.74) is 9.82. The third-order valence-corrected chi connectivity index (χ3v) is 0. The summed E-state index contributed by atoms with van der Waals surface area (Å²) in [5.74, 6) is 0. The standard InChI is InChI=1S/C3H9N.CH3NS2/c1-3(2)4;2-1(3)4/h3H,4H2,1-2H3;(H3,2,3,4). The smallest absolute Gasteiger partial charge is 0.128 e. The lowest BCUT2D eigenvalue weighted by molar-refractivity contribution is 0.834. The molecular weight excluding hydrogens is 140 g/mol. The molecule has 4 heteroatoms. The molecule has 0 radical (unpaired) electrons. The van der Waals surface area contributed by atoms with Gasteiger partial charge < -0.3 is 11.5 Å². The van der Waals surface area contributed by atoms with Crippen molar-refractivity contribution in [1.29, 1.82) is 0 Å². The lowest BCUT2D eigenvalue weighted by Gasteiger charge is -1.81. The molecule has 0 rings (SSSR count). The second-order valence-corrected chi connectivity index (χ2v) is 2.81. The van der Waals surface area contributed by atoms with Gasteiger partial charge in [-0.1, -0.05) is 26.1 Å². The van der Waals surface area contributed by atoms with E-state index < -0.39 is 0 Å². The van der Waals surface area contributed by atoms with Crippen LogP contribution in [0, 0.1) is 0 Å². The van der Waals surface area contributed by atoms with Crippen LogP contribution in [0.3, 0.4) is 0 Å². The Balaban J connectivity index is 0. The van der Waals surface area contributed by atoms with E-state index in [-0.39, 0.29) is 4.32 Å². The molecule has 0 amide bonds. The Kier molecular flexibility index (Phi) is 9.95. The minimum absolute atomic E-state index is 0.194. The molecular formula is C4H12N2S2. The SMILES string of the molecule is CC(C)N.NC(=S)S. The first-order valence-electron chi connectivity index (χ1n) is 2.20. The van der Waals surface area contributed by atoms with Gasteiger partial charge >= 0.3 is 0 Å². The fraction of sp³-hybridized carbons (Fsp3) is 0.750. The van der Waals surface area contributed by atoms with E-state index in [1.807, 2.05) is 13.8 Å². The quantitative estimate of drug-likeness (QED) is 0.350. The minimum Gasteiger partial charge on any atom is -0.385 e. The summed E-state index contributed by atoms with van der Waals surface area (Å²) >= 11 is 7.65. The van der Waals surface area contributed by atoms with Crippen molar-refractivity contribution >= 4 is 29.2 Å². The lowest BCUT2D eigenvalue weighted by atomic mass is 10.5. The number of rotatable bonds is 0. The summed E-state index contributed by atoms with van der Waals surface area (Å²) in [6.45, 7) is 3.89. The van der Waals surface area contributed by atoms with Crippen molar-refractivity contribution in [2.45, 2.75) is 19.9 Å². The molecule has 0 fully saturated rings. The fourth-order valence-electron chi connectivity index (χ4n) is 0. The maximum Gasteiger partial charge on any atom is 0.128 e. The molecule has 0 heterocycles. The van der Waals surface area contributed by atoms with Crippen LogP contribution in [0.2, 0.25) is 0 Å². The van der Waals surface area contributed by atoms with Gasteiger partial charge in [0.25, 0.3) is 0 Å². The molecule has 0 spiro atoms. The van der Waals surface area contributed by atoms with Gasteiger partial charge in [0, 0.05) is 0 Å². The van der Waals surface area contributed by atoms with Crippen molar-refractivity contribution in [2.24, 2.45) is 11.5 Å². The first-order valence-corrected chi connectivity index (χ1v) is 3.06. The molecule has 0 bridgehead atoms. The molecule has 0 atom stereocenters. The Bertz CT molecular complexity index is 56.3. The maximum atomic E-state index is 5.11. The third-order valence-electron chi connectivity index (χ3n) is 0. The molecule has 50 valence electrons. The molecule has 0 aliphatic carbocycles. The molecule has 0 saturated heterocycles. The summed E-state index contributed by atoms with van der Waals surface area (Å²) in [6, 6.07) is 0.333. The first-order chi connectivity index (χ1) is 3.46. The van der Waals surface area contributed by atoms with Gasteiger partial charge in [-0.25, -0.2) is 0 Å². The van der Waals surface area contributed by atoms with Crippen molar-refractivity contribution in [2.75, 3.05) is 0 Å². The molecule has 0 unspecified atom stereocenters. The second-order valence-electron chi connectivity index (χ2n) is 1.58. The Morgan fingerprint density at radius 3 is 1.62 bits per heavy atom. The largest absolute Gasteiger partial charge is 0.385 e. The summed E-state index contributed by atoms with van der Waals surface area (Å²) in [7, 11) is 0. The molecule has 4 N–H and O–H groups in total. The van der Waals surface area contributed by atoms with Crippen molar-refractivity contribution in [1.82, 2.24) is 0 Å². The average Bonchev–Trinajstić information content (AvgIpc) is 1.25. The number of nitrogens with two attached hydrogens (primary N) is 2. The highest BCUT2D eigenvalue weighted by Crippen LogP contribution is 1.63.